The molecule has 8 nitrogen and oxygen atoms in total. The first-order chi connectivity index (χ1) is 11.6. The van der Waals surface area contributed by atoms with E-state index in [9.17, 15) is 4.79 Å². The highest BCUT2D eigenvalue weighted by molar-refractivity contribution is 8.00. The molecule has 0 saturated carbocycles. The molecule has 0 spiro atoms. The summed E-state index contributed by atoms with van der Waals surface area (Å²) in [6, 6.07) is 7.88. The fourth-order valence-electron chi connectivity index (χ4n) is 2.35. The third-order valence-corrected chi connectivity index (χ3v) is 4.87. The molecule has 1 saturated heterocycles. The summed E-state index contributed by atoms with van der Waals surface area (Å²) in [5, 5.41) is 14.4. The number of anilines is 2. The second-order valence-electron chi connectivity index (χ2n) is 5.48. The second-order valence-corrected chi connectivity index (χ2v) is 6.79. The minimum Gasteiger partial charge on any atom is -0.378 e. The van der Waals surface area contributed by atoms with Gasteiger partial charge in [0.1, 0.15) is 0 Å². The molecular formula is C15H20N6O2S. The highest BCUT2D eigenvalue weighted by Gasteiger charge is 2.18. The Balaban J connectivity index is 1.56. The molecule has 24 heavy (non-hydrogen) atoms. The summed E-state index contributed by atoms with van der Waals surface area (Å²) < 4.78 is 6.91. The Bertz CT molecular complexity index is 684. The molecule has 1 amide bonds. The smallest absolute Gasteiger partial charge is 0.237 e. The SMILES string of the molecule is C[C@@H](Sc1nnnn1C)C(=O)Nc1ccc(N2CCOCC2)cc1. The van der Waals surface area contributed by atoms with Gasteiger partial charge in [0.15, 0.2) is 0 Å². The number of nitrogens with zero attached hydrogens (tertiary/aromatic N) is 5. The monoisotopic (exact) mass is 348 g/mol. The molecule has 0 bridgehead atoms. The number of hydrogen-bond acceptors (Lipinski definition) is 7. The van der Waals surface area contributed by atoms with Gasteiger partial charge in [0.25, 0.3) is 0 Å². The van der Waals surface area contributed by atoms with Crippen molar-refractivity contribution in [3.8, 4) is 0 Å². The highest BCUT2D eigenvalue weighted by atomic mass is 32.2. The van der Waals surface area contributed by atoms with Crippen LogP contribution < -0.4 is 10.2 Å². The number of amides is 1. The van der Waals surface area contributed by atoms with Crippen LogP contribution in [0.25, 0.3) is 0 Å². The topological polar surface area (TPSA) is 85.2 Å². The predicted octanol–water partition coefficient (Wildman–Crippen LogP) is 1.17. The summed E-state index contributed by atoms with van der Waals surface area (Å²) in [4.78, 5) is 14.6. The van der Waals surface area contributed by atoms with Crippen LogP contribution in [0.2, 0.25) is 0 Å². The Morgan fingerprint density at radius 3 is 2.62 bits per heavy atom. The zero-order valence-electron chi connectivity index (χ0n) is 13.7. The van der Waals surface area contributed by atoms with Gasteiger partial charge in [0.2, 0.25) is 11.1 Å². The number of aryl methyl sites for hydroxylation is 1. The molecule has 9 heteroatoms. The molecule has 128 valence electrons. The van der Waals surface area contributed by atoms with Crippen molar-refractivity contribution in [1.82, 2.24) is 20.2 Å². The van der Waals surface area contributed by atoms with Crippen molar-refractivity contribution < 1.29 is 9.53 Å². The summed E-state index contributed by atoms with van der Waals surface area (Å²) in [5.74, 6) is -0.0814. The van der Waals surface area contributed by atoms with Crippen LogP contribution in [0.1, 0.15) is 6.92 Å². The van der Waals surface area contributed by atoms with Crippen molar-refractivity contribution in [2.45, 2.75) is 17.3 Å². The fourth-order valence-corrected chi connectivity index (χ4v) is 3.11. The summed E-state index contributed by atoms with van der Waals surface area (Å²) in [6.07, 6.45) is 0. The van der Waals surface area contributed by atoms with Crippen LogP contribution in [0, 0.1) is 0 Å². The molecule has 0 unspecified atom stereocenters. The van der Waals surface area contributed by atoms with Crippen molar-refractivity contribution in [1.29, 1.82) is 0 Å². The second kappa shape index (κ2) is 7.63. The molecule has 0 aliphatic carbocycles. The predicted molar refractivity (Wildman–Crippen MR) is 92.2 cm³/mol. The number of nitrogens with one attached hydrogen (secondary N) is 1. The van der Waals surface area contributed by atoms with Gasteiger partial charge < -0.3 is 15.0 Å². The van der Waals surface area contributed by atoms with Gasteiger partial charge in [0, 0.05) is 31.5 Å². The lowest BCUT2D eigenvalue weighted by Gasteiger charge is -2.28. The van der Waals surface area contributed by atoms with E-state index in [0.717, 1.165) is 37.7 Å². The molecule has 2 aromatic rings. The first-order valence-corrected chi connectivity index (χ1v) is 8.64. The zero-order valence-corrected chi connectivity index (χ0v) is 14.5. The standard InChI is InChI=1S/C15H20N6O2S/c1-11(24-15-17-18-19-20(15)2)14(22)16-12-3-5-13(6-4-12)21-7-9-23-10-8-21/h3-6,11H,7-10H2,1-2H3,(H,16,22)/t11-/m1/s1. The molecule has 1 aromatic heterocycles. The summed E-state index contributed by atoms with van der Waals surface area (Å²) >= 11 is 1.32. The van der Waals surface area contributed by atoms with Crippen molar-refractivity contribution in [2.24, 2.45) is 7.05 Å². The number of hydrogen-bond donors (Lipinski definition) is 1. The maximum atomic E-state index is 12.3. The third-order valence-electron chi connectivity index (χ3n) is 3.74. The Hall–Kier alpha value is -2.13. The minimum absolute atomic E-state index is 0.0814. The summed E-state index contributed by atoms with van der Waals surface area (Å²) in [6.45, 7) is 5.13. The van der Waals surface area contributed by atoms with Gasteiger partial charge in [-0.1, -0.05) is 11.8 Å². The molecule has 1 aliphatic heterocycles. The minimum atomic E-state index is -0.298. The average molecular weight is 348 g/mol. The lowest BCUT2D eigenvalue weighted by Crippen LogP contribution is -2.36. The third kappa shape index (κ3) is 4.04. The van der Waals surface area contributed by atoms with Crippen LogP contribution in [-0.4, -0.2) is 57.7 Å². The molecule has 1 aromatic carbocycles. The van der Waals surface area contributed by atoms with E-state index in [-0.39, 0.29) is 11.2 Å². The molecular weight excluding hydrogens is 328 g/mol. The van der Waals surface area contributed by atoms with Gasteiger partial charge in [-0.25, -0.2) is 4.68 Å². The van der Waals surface area contributed by atoms with Crippen LogP contribution in [-0.2, 0) is 16.6 Å². The van der Waals surface area contributed by atoms with Gasteiger partial charge in [-0.3, -0.25) is 4.79 Å². The van der Waals surface area contributed by atoms with Crippen molar-refractivity contribution >= 4 is 29.0 Å². The van der Waals surface area contributed by atoms with E-state index in [2.05, 4.69) is 25.7 Å². The van der Waals surface area contributed by atoms with Gasteiger partial charge in [0.05, 0.1) is 18.5 Å². The first kappa shape index (κ1) is 16.7. The zero-order chi connectivity index (χ0) is 16.9. The van der Waals surface area contributed by atoms with Crippen LogP contribution in [0.4, 0.5) is 11.4 Å². The van der Waals surface area contributed by atoms with Gasteiger partial charge in [-0.15, -0.1) is 5.10 Å². The number of rotatable bonds is 5. The van der Waals surface area contributed by atoms with E-state index in [1.54, 1.807) is 11.7 Å². The number of tetrazole rings is 1. The molecule has 1 atom stereocenters. The molecule has 1 N–H and O–H groups in total. The lowest BCUT2D eigenvalue weighted by molar-refractivity contribution is -0.115. The number of carbonyl (C=O) groups is 1. The van der Waals surface area contributed by atoms with E-state index < -0.39 is 0 Å². The number of carbonyl (C=O) groups excluding carboxylic acids is 1. The van der Waals surface area contributed by atoms with Gasteiger partial charge >= 0.3 is 0 Å². The van der Waals surface area contributed by atoms with Crippen LogP contribution >= 0.6 is 11.8 Å². The van der Waals surface area contributed by atoms with E-state index in [1.807, 2.05) is 31.2 Å². The maximum Gasteiger partial charge on any atom is 0.237 e. The normalized spacial score (nSPS) is 16.0. The van der Waals surface area contributed by atoms with E-state index in [1.165, 1.54) is 11.8 Å². The van der Waals surface area contributed by atoms with Crippen LogP contribution in [0.15, 0.2) is 29.4 Å². The number of ether oxygens (including phenoxy) is 1. The quantitative estimate of drug-likeness (QED) is 0.812. The molecule has 2 heterocycles. The molecule has 1 aliphatic rings. The van der Waals surface area contributed by atoms with E-state index in [4.69, 9.17) is 4.74 Å². The lowest BCUT2D eigenvalue weighted by atomic mass is 10.2. The first-order valence-electron chi connectivity index (χ1n) is 7.76. The number of morpholine rings is 1. The fraction of sp³-hybridized carbons (Fsp3) is 0.467. The van der Waals surface area contributed by atoms with E-state index in [0.29, 0.717) is 5.16 Å². The number of aromatic nitrogens is 4. The summed E-state index contributed by atoms with van der Waals surface area (Å²) in [5.41, 5.74) is 1.92. The van der Waals surface area contributed by atoms with Crippen LogP contribution in [0.5, 0.6) is 0 Å². The van der Waals surface area contributed by atoms with E-state index >= 15 is 0 Å². The van der Waals surface area contributed by atoms with Crippen LogP contribution in [0.3, 0.4) is 0 Å². The average Bonchev–Trinajstić information content (AvgIpc) is 3.01. The summed E-state index contributed by atoms with van der Waals surface area (Å²) in [7, 11) is 1.75. The molecule has 3 rings (SSSR count). The Morgan fingerprint density at radius 1 is 1.29 bits per heavy atom. The number of benzene rings is 1. The Morgan fingerprint density at radius 2 is 2.00 bits per heavy atom. The number of thioether (sulfide) groups is 1. The van der Waals surface area contributed by atoms with Gasteiger partial charge in [-0.05, 0) is 41.6 Å². The van der Waals surface area contributed by atoms with Crippen molar-refractivity contribution in [3.05, 3.63) is 24.3 Å². The highest BCUT2D eigenvalue weighted by Crippen LogP contribution is 2.22. The Labute approximate surface area is 144 Å². The Kier molecular flexibility index (Phi) is 5.31. The van der Waals surface area contributed by atoms with Gasteiger partial charge in [-0.2, -0.15) is 0 Å². The maximum absolute atomic E-state index is 12.3. The largest absolute Gasteiger partial charge is 0.378 e. The van der Waals surface area contributed by atoms with Crippen molar-refractivity contribution in [2.75, 3.05) is 36.5 Å². The van der Waals surface area contributed by atoms with Crippen molar-refractivity contribution in [3.63, 3.8) is 0 Å². The molecule has 0 radical (unpaired) electrons. The molecule has 1 fully saturated rings.